The molecule has 0 fully saturated rings. The molecule has 0 aromatic rings. The molecule has 0 aromatic carbocycles. The predicted octanol–water partition coefficient (Wildman–Crippen LogP) is 1.55. The summed E-state index contributed by atoms with van der Waals surface area (Å²) in [6.45, 7) is 4.97. The van der Waals surface area contributed by atoms with Gasteiger partial charge >= 0.3 is 6.09 Å². The zero-order valence-electron chi connectivity index (χ0n) is 6.59. The number of nitrogens with zero attached hydrogens (tertiary/aromatic N) is 1. The molecule has 0 aliphatic rings. The van der Waals surface area contributed by atoms with Gasteiger partial charge in [0.25, 0.3) is 0 Å². The molecule has 0 saturated carbocycles. The molecule has 3 nitrogen and oxygen atoms in total. The molecular formula is C7H14NO2. The van der Waals surface area contributed by atoms with Crippen molar-refractivity contribution in [1.82, 2.24) is 5.32 Å². The van der Waals surface area contributed by atoms with Crippen molar-refractivity contribution in [3.8, 4) is 0 Å². The van der Waals surface area contributed by atoms with Crippen LogP contribution in [0.1, 0.15) is 26.7 Å². The lowest BCUT2D eigenvalue weighted by molar-refractivity contribution is 0.145. The fourth-order valence-electron chi connectivity index (χ4n) is 0.438. The maximum Gasteiger partial charge on any atom is 0.428 e. The van der Waals surface area contributed by atoms with Gasteiger partial charge in [0.1, 0.15) is 0 Å². The molecule has 0 atom stereocenters. The normalized spacial score (nSPS) is 9.00. The van der Waals surface area contributed by atoms with Gasteiger partial charge in [0.15, 0.2) is 0 Å². The van der Waals surface area contributed by atoms with Crippen LogP contribution in [0, 0.1) is 0 Å². The van der Waals surface area contributed by atoms with Crippen molar-refractivity contribution in [1.29, 1.82) is 0 Å². The Hall–Kier alpha value is -0.730. The molecule has 0 rings (SSSR count). The average molecular weight is 144 g/mol. The third-order valence-corrected chi connectivity index (χ3v) is 0.894. The summed E-state index contributed by atoms with van der Waals surface area (Å²) in [4.78, 5) is 10.6. The topological polar surface area (TPSA) is 40.4 Å². The van der Waals surface area contributed by atoms with Crippen LogP contribution in [0.3, 0.4) is 0 Å². The van der Waals surface area contributed by atoms with Gasteiger partial charge in [-0.1, -0.05) is 13.8 Å². The molecule has 0 aromatic heterocycles. The van der Waals surface area contributed by atoms with Gasteiger partial charge in [-0.2, -0.15) is 0 Å². The van der Waals surface area contributed by atoms with E-state index in [1.807, 2.05) is 13.8 Å². The number of hydrogen-bond acceptors (Lipinski definition) is 2. The third kappa shape index (κ3) is 5.41. The van der Waals surface area contributed by atoms with Crippen molar-refractivity contribution in [3.63, 3.8) is 0 Å². The van der Waals surface area contributed by atoms with E-state index in [2.05, 4.69) is 10.1 Å². The molecule has 59 valence electrons. The van der Waals surface area contributed by atoms with Crippen molar-refractivity contribution in [2.24, 2.45) is 0 Å². The van der Waals surface area contributed by atoms with Gasteiger partial charge in [0.2, 0.25) is 0 Å². The summed E-state index contributed by atoms with van der Waals surface area (Å²) < 4.78 is 4.69. The Bertz CT molecular complexity index is 83.6. The molecule has 3 heteroatoms. The Morgan fingerprint density at radius 3 is 2.60 bits per heavy atom. The zero-order chi connectivity index (χ0) is 7.82. The van der Waals surface area contributed by atoms with E-state index in [0.29, 0.717) is 13.2 Å². The van der Waals surface area contributed by atoms with E-state index in [1.165, 1.54) is 0 Å². The number of hydrogen-bond donors (Lipinski definition) is 0. The lowest BCUT2D eigenvalue weighted by atomic mass is 10.5. The summed E-state index contributed by atoms with van der Waals surface area (Å²) in [5.74, 6) is 0. The van der Waals surface area contributed by atoms with Crippen molar-refractivity contribution in [3.05, 3.63) is 0 Å². The summed E-state index contributed by atoms with van der Waals surface area (Å²) in [5, 5.41) is 3.62. The first-order valence-corrected chi connectivity index (χ1v) is 3.65. The minimum Gasteiger partial charge on any atom is -0.448 e. The molecule has 10 heavy (non-hydrogen) atoms. The first-order chi connectivity index (χ1) is 4.81. The molecule has 0 aliphatic heterocycles. The molecule has 0 saturated heterocycles. The van der Waals surface area contributed by atoms with Crippen LogP contribution in [0.5, 0.6) is 0 Å². The molecular weight excluding hydrogens is 130 g/mol. The minimum atomic E-state index is -0.427. The molecule has 1 amide bonds. The number of carbonyl (C=O) groups excluding carboxylic acids is 1. The molecule has 1 radical (unpaired) electrons. The minimum absolute atomic E-state index is 0.427. The van der Waals surface area contributed by atoms with Crippen LogP contribution < -0.4 is 5.32 Å². The third-order valence-electron chi connectivity index (χ3n) is 0.894. The maximum absolute atomic E-state index is 10.6. The van der Waals surface area contributed by atoms with Crippen LogP contribution in [0.4, 0.5) is 4.79 Å². The lowest BCUT2D eigenvalue weighted by Gasteiger charge is -2.00. The molecule has 0 heterocycles. The van der Waals surface area contributed by atoms with Crippen LogP contribution in [0.15, 0.2) is 0 Å². The average Bonchev–Trinajstić information content (AvgIpc) is 1.97. The van der Waals surface area contributed by atoms with E-state index < -0.39 is 6.09 Å². The van der Waals surface area contributed by atoms with Crippen LogP contribution in [0.2, 0.25) is 0 Å². The van der Waals surface area contributed by atoms with E-state index >= 15 is 0 Å². The second-order valence-corrected chi connectivity index (χ2v) is 2.00. The highest BCUT2D eigenvalue weighted by molar-refractivity contribution is 5.66. The van der Waals surface area contributed by atoms with Crippen molar-refractivity contribution < 1.29 is 9.53 Å². The Balaban J connectivity index is 3.09. The van der Waals surface area contributed by atoms with Gasteiger partial charge in [-0.05, 0) is 12.8 Å². The Labute approximate surface area is 61.8 Å². The molecule has 0 bridgehead atoms. The smallest absolute Gasteiger partial charge is 0.428 e. The highest BCUT2D eigenvalue weighted by Crippen LogP contribution is 1.83. The van der Waals surface area contributed by atoms with E-state index in [-0.39, 0.29) is 0 Å². The Morgan fingerprint density at radius 1 is 1.40 bits per heavy atom. The van der Waals surface area contributed by atoms with Crippen LogP contribution >= 0.6 is 0 Å². The number of rotatable bonds is 4. The summed E-state index contributed by atoms with van der Waals surface area (Å²) in [6, 6.07) is 0. The molecule has 0 N–H and O–H groups in total. The summed E-state index contributed by atoms with van der Waals surface area (Å²) >= 11 is 0. The maximum atomic E-state index is 10.6. The van der Waals surface area contributed by atoms with Gasteiger partial charge in [-0.25, -0.2) is 10.1 Å². The van der Waals surface area contributed by atoms with Gasteiger partial charge in [-0.15, -0.1) is 0 Å². The highest BCUT2D eigenvalue weighted by atomic mass is 16.5. The monoisotopic (exact) mass is 144 g/mol. The van der Waals surface area contributed by atoms with Crippen LogP contribution in [-0.4, -0.2) is 19.2 Å². The first-order valence-electron chi connectivity index (χ1n) is 3.65. The Kier molecular flexibility index (Phi) is 5.92. The number of amides is 1. The molecule has 0 unspecified atom stereocenters. The quantitative estimate of drug-likeness (QED) is 0.600. The lowest BCUT2D eigenvalue weighted by Crippen LogP contribution is -2.17. The van der Waals surface area contributed by atoms with E-state index in [9.17, 15) is 4.79 Å². The molecule has 0 aliphatic carbocycles. The SMILES string of the molecule is CCC[N]C(=O)OCCC. The van der Waals surface area contributed by atoms with Gasteiger partial charge < -0.3 is 4.74 Å². The fraction of sp³-hybridized carbons (Fsp3) is 0.857. The Morgan fingerprint density at radius 2 is 2.10 bits per heavy atom. The van der Waals surface area contributed by atoms with Crippen molar-refractivity contribution in [2.75, 3.05) is 13.2 Å². The van der Waals surface area contributed by atoms with Crippen LogP contribution in [0.25, 0.3) is 0 Å². The second kappa shape index (κ2) is 6.39. The van der Waals surface area contributed by atoms with E-state index in [4.69, 9.17) is 0 Å². The summed E-state index contributed by atoms with van der Waals surface area (Å²) in [7, 11) is 0. The van der Waals surface area contributed by atoms with Crippen LogP contribution in [-0.2, 0) is 4.74 Å². The van der Waals surface area contributed by atoms with E-state index in [0.717, 1.165) is 12.8 Å². The zero-order valence-corrected chi connectivity index (χ0v) is 6.59. The van der Waals surface area contributed by atoms with Crippen molar-refractivity contribution in [2.45, 2.75) is 26.7 Å². The standard InChI is InChI=1S/C7H14NO2/c1-3-5-8-7(9)10-6-4-2/h3-6H2,1-2H3. The van der Waals surface area contributed by atoms with Gasteiger partial charge in [0, 0.05) is 6.54 Å². The fourth-order valence-corrected chi connectivity index (χ4v) is 0.438. The molecule has 0 spiro atoms. The first kappa shape index (κ1) is 9.27. The summed E-state index contributed by atoms with van der Waals surface area (Å²) in [6.07, 6.45) is 1.32. The summed E-state index contributed by atoms with van der Waals surface area (Å²) in [5.41, 5.74) is 0. The predicted molar refractivity (Wildman–Crippen MR) is 38.9 cm³/mol. The largest absolute Gasteiger partial charge is 0.448 e. The van der Waals surface area contributed by atoms with E-state index in [1.54, 1.807) is 0 Å². The van der Waals surface area contributed by atoms with Crippen molar-refractivity contribution >= 4 is 6.09 Å². The van der Waals surface area contributed by atoms with Gasteiger partial charge in [0.05, 0.1) is 6.61 Å². The van der Waals surface area contributed by atoms with Gasteiger partial charge in [-0.3, -0.25) is 0 Å². The number of carbonyl (C=O) groups is 1. The highest BCUT2D eigenvalue weighted by Gasteiger charge is 1.99. The number of ether oxygens (including phenoxy) is 1. The second-order valence-electron chi connectivity index (χ2n) is 2.00.